The maximum atomic E-state index is 11.1. The average molecular weight is 259 g/mol. The van der Waals surface area contributed by atoms with Gasteiger partial charge in [-0.15, -0.1) is 0 Å². The van der Waals surface area contributed by atoms with Crippen LogP contribution in [0.5, 0.6) is 0 Å². The highest BCUT2D eigenvalue weighted by Crippen LogP contribution is 2.10. The van der Waals surface area contributed by atoms with Crippen molar-refractivity contribution in [1.82, 2.24) is 5.32 Å². The Morgan fingerprint density at radius 1 is 1.33 bits per heavy atom. The Labute approximate surface area is 114 Å². The first-order valence-electron chi connectivity index (χ1n) is 7.23. The molecule has 1 N–H and O–H groups in total. The van der Waals surface area contributed by atoms with Gasteiger partial charge in [0.25, 0.3) is 0 Å². The van der Waals surface area contributed by atoms with Crippen LogP contribution in [0.3, 0.4) is 0 Å². The molecule has 1 unspecified atom stereocenters. The zero-order valence-electron chi connectivity index (χ0n) is 13.4. The topological polar surface area (TPSA) is 38.3 Å². The van der Waals surface area contributed by atoms with Crippen LogP contribution in [0.1, 0.15) is 67.2 Å². The van der Waals surface area contributed by atoms with Crippen LogP contribution in [0.4, 0.5) is 0 Å². The summed E-state index contributed by atoms with van der Waals surface area (Å²) in [6.45, 7) is 13.0. The molecule has 1 atom stereocenters. The molecule has 0 aliphatic heterocycles. The number of hydrogen-bond acceptors (Lipinski definition) is 3. The van der Waals surface area contributed by atoms with E-state index in [1.807, 2.05) is 34.7 Å². The van der Waals surface area contributed by atoms with E-state index < -0.39 is 0 Å². The average Bonchev–Trinajstić information content (AvgIpc) is 2.38. The van der Waals surface area contributed by atoms with Crippen molar-refractivity contribution in [2.45, 2.75) is 78.9 Å². The third-order valence-corrected chi connectivity index (χ3v) is 3.03. The highest BCUT2D eigenvalue weighted by atomic mass is 16.5. The van der Waals surface area contributed by atoms with Crippen molar-refractivity contribution in [2.24, 2.45) is 0 Å². The van der Waals surface area contributed by atoms with Gasteiger partial charge in [-0.05, 0) is 40.7 Å². The van der Waals surface area contributed by atoms with E-state index in [1.54, 1.807) is 0 Å². The maximum Gasteiger partial charge on any atom is 0.132 e. The maximum absolute atomic E-state index is 11.1. The number of ether oxygens (including phenoxy) is 1. The number of rotatable bonds is 9. The van der Waals surface area contributed by atoms with Gasteiger partial charge in [-0.1, -0.05) is 20.8 Å². The van der Waals surface area contributed by atoms with Gasteiger partial charge >= 0.3 is 0 Å². The van der Waals surface area contributed by atoms with Gasteiger partial charge in [0.15, 0.2) is 0 Å². The van der Waals surface area contributed by atoms with Gasteiger partial charge in [0.05, 0.1) is 6.10 Å². The standard InChI is InChI=1S/C13H27NO2.C2H6/c1-6-12(15)8-7-11(2)16-10-9-13(3,4)14-5;1-2/h11,14H,6-10H2,1-5H3;1-2H3. The molecule has 0 rings (SSSR count). The molecule has 0 aliphatic rings. The SMILES string of the molecule is CC.CCC(=O)CCC(C)OCCC(C)(C)NC. The zero-order valence-corrected chi connectivity index (χ0v) is 13.4. The Kier molecular flexibility index (Phi) is 12.9. The van der Waals surface area contributed by atoms with Crippen molar-refractivity contribution >= 4 is 5.78 Å². The van der Waals surface area contributed by atoms with Crippen molar-refractivity contribution in [2.75, 3.05) is 13.7 Å². The van der Waals surface area contributed by atoms with Crippen LogP contribution >= 0.6 is 0 Å². The smallest absolute Gasteiger partial charge is 0.132 e. The molecule has 3 nitrogen and oxygen atoms in total. The predicted octanol–water partition coefficient (Wildman–Crippen LogP) is 3.57. The summed E-state index contributed by atoms with van der Waals surface area (Å²) >= 11 is 0. The summed E-state index contributed by atoms with van der Waals surface area (Å²) in [7, 11) is 1.96. The monoisotopic (exact) mass is 259 g/mol. The Balaban J connectivity index is 0. The molecule has 0 heterocycles. The van der Waals surface area contributed by atoms with Crippen LogP contribution in [0.25, 0.3) is 0 Å². The number of nitrogens with one attached hydrogen (secondary N) is 1. The molecule has 18 heavy (non-hydrogen) atoms. The lowest BCUT2D eigenvalue weighted by Gasteiger charge is -2.24. The Morgan fingerprint density at radius 2 is 1.89 bits per heavy atom. The second kappa shape index (κ2) is 11.7. The van der Waals surface area contributed by atoms with E-state index in [1.165, 1.54) is 0 Å². The quantitative estimate of drug-likeness (QED) is 0.688. The molecule has 110 valence electrons. The minimum atomic E-state index is 0.124. The van der Waals surface area contributed by atoms with E-state index in [0.717, 1.165) is 19.4 Å². The first-order valence-corrected chi connectivity index (χ1v) is 7.23. The second-order valence-electron chi connectivity index (χ2n) is 5.00. The molecule has 0 fully saturated rings. The van der Waals surface area contributed by atoms with Crippen molar-refractivity contribution in [3.05, 3.63) is 0 Å². The fourth-order valence-corrected chi connectivity index (χ4v) is 1.26. The first kappa shape index (κ1) is 19.9. The molecular weight excluding hydrogens is 226 g/mol. The number of hydrogen-bond donors (Lipinski definition) is 1. The van der Waals surface area contributed by atoms with Gasteiger partial charge in [-0.25, -0.2) is 0 Å². The summed E-state index contributed by atoms with van der Waals surface area (Å²) in [4.78, 5) is 11.1. The molecule has 0 amide bonds. The lowest BCUT2D eigenvalue weighted by molar-refractivity contribution is -0.119. The molecule has 0 radical (unpaired) electrons. The molecule has 0 aromatic carbocycles. The zero-order chi connectivity index (χ0) is 14.6. The number of Topliss-reactive ketones (excluding diaryl/α,β-unsaturated/α-hetero) is 1. The Hall–Kier alpha value is -0.410. The third-order valence-electron chi connectivity index (χ3n) is 3.03. The van der Waals surface area contributed by atoms with Crippen molar-refractivity contribution in [3.8, 4) is 0 Å². The molecule has 0 spiro atoms. The molecule has 0 saturated heterocycles. The van der Waals surface area contributed by atoms with Gasteiger partial charge < -0.3 is 10.1 Å². The highest BCUT2D eigenvalue weighted by Gasteiger charge is 2.14. The molecule has 0 aliphatic carbocycles. The minimum absolute atomic E-state index is 0.124. The van der Waals surface area contributed by atoms with Crippen LogP contribution in [-0.4, -0.2) is 31.1 Å². The summed E-state index contributed by atoms with van der Waals surface area (Å²) in [5.41, 5.74) is 0.124. The van der Waals surface area contributed by atoms with E-state index in [9.17, 15) is 4.79 Å². The molecule has 3 heteroatoms. The van der Waals surface area contributed by atoms with Gasteiger partial charge in [-0.2, -0.15) is 0 Å². The van der Waals surface area contributed by atoms with E-state index in [2.05, 4.69) is 19.2 Å². The normalized spacial score (nSPS) is 12.6. The van der Waals surface area contributed by atoms with Crippen LogP contribution in [-0.2, 0) is 9.53 Å². The van der Waals surface area contributed by atoms with Crippen molar-refractivity contribution < 1.29 is 9.53 Å². The summed E-state index contributed by atoms with van der Waals surface area (Å²) in [5, 5.41) is 3.24. The summed E-state index contributed by atoms with van der Waals surface area (Å²) in [6.07, 6.45) is 3.29. The largest absolute Gasteiger partial charge is 0.378 e. The van der Waals surface area contributed by atoms with Gasteiger partial charge in [-0.3, -0.25) is 4.79 Å². The lowest BCUT2D eigenvalue weighted by atomic mass is 10.0. The minimum Gasteiger partial charge on any atom is -0.378 e. The van der Waals surface area contributed by atoms with Gasteiger partial charge in [0.1, 0.15) is 5.78 Å². The second-order valence-corrected chi connectivity index (χ2v) is 5.00. The summed E-state index contributed by atoms with van der Waals surface area (Å²) < 4.78 is 5.68. The van der Waals surface area contributed by atoms with Gasteiger partial charge in [0.2, 0.25) is 0 Å². The van der Waals surface area contributed by atoms with Crippen LogP contribution in [0.15, 0.2) is 0 Å². The Morgan fingerprint density at radius 3 is 2.33 bits per heavy atom. The first-order chi connectivity index (χ1) is 8.41. The van der Waals surface area contributed by atoms with Crippen LogP contribution in [0.2, 0.25) is 0 Å². The third kappa shape index (κ3) is 12.1. The molecule has 0 bridgehead atoms. The van der Waals surface area contributed by atoms with Crippen molar-refractivity contribution in [3.63, 3.8) is 0 Å². The lowest BCUT2D eigenvalue weighted by Crippen LogP contribution is -2.37. The van der Waals surface area contributed by atoms with Crippen molar-refractivity contribution in [1.29, 1.82) is 0 Å². The van der Waals surface area contributed by atoms with E-state index in [0.29, 0.717) is 18.6 Å². The van der Waals surface area contributed by atoms with E-state index in [-0.39, 0.29) is 11.6 Å². The summed E-state index contributed by atoms with van der Waals surface area (Å²) in [6, 6.07) is 0. The number of carbonyl (C=O) groups is 1. The summed E-state index contributed by atoms with van der Waals surface area (Å²) in [5.74, 6) is 0.325. The molecular formula is C15H33NO2. The van der Waals surface area contributed by atoms with E-state index in [4.69, 9.17) is 4.74 Å². The number of carbonyl (C=O) groups excluding carboxylic acids is 1. The molecule has 0 aromatic heterocycles. The van der Waals surface area contributed by atoms with Crippen LogP contribution < -0.4 is 5.32 Å². The molecule has 0 aromatic rings. The predicted molar refractivity (Wildman–Crippen MR) is 79.0 cm³/mol. The fourth-order valence-electron chi connectivity index (χ4n) is 1.26. The molecule has 0 saturated carbocycles. The van der Waals surface area contributed by atoms with Crippen LogP contribution in [0, 0.1) is 0 Å². The fraction of sp³-hybridized carbons (Fsp3) is 0.933. The highest BCUT2D eigenvalue weighted by molar-refractivity contribution is 5.77. The van der Waals surface area contributed by atoms with Gasteiger partial charge in [0, 0.05) is 25.0 Å². The number of ketones is 1. The van der Waals surface area contributed by atoms with E-state index >= 15 is 0 Å². The Bertz CT molecular complexity index is 203.